The van der Waals surface area contributed by atoms with Crippen molar-refractivity contribution in [3.8, 4) is 0 Å². The first-order chi connectivity index (χ1) is 2.50. The summed E-state index contributed by atoms with van der Waals surface area (Å²) in [6, 6.07) is 0. The molecule has 0 bridgehead atoms. The van der Waals surface area contributed by atoms with Crippen molar-refractivity contribution in [2.75, 3.05) is 6.54 Å². The summed E-state index contributed by atoms with van der Waals surface area (Å²) >= 11 is 0. The predicted octanol–water partition coefficient (Wildman–Crippen LogP) is -0.423. The summed E-state index contributed by atoms with van der Waals surface area (Å²) in [7, 11) is 0. The number of nitrogens with one attached hydrogen (secondary N) is 1. The van der Waals surface area contributed by atoms with Crippen molar-refractivity contribution in [1.29, 1.82) is 0 Å². The van der Waals surface area contributed by atoms with E-state index in [4.69, 9.17) is 0 Å². The molecule has 0 aromatic heterocycles. The molecule has 0 aliphatic carbocycles. The maximum atomic E-state index is 3.04. The normalized spacial score (nSPS) is 16.0. The van der Waals surface area contributed by atoms with E-state index in [1.54, 1.807) is 0 Å². The molecule has 0 aromatic carbocycles. The van der Waals surface area contributed by atoms with Crippen molar-refractivity contribution < 1.29 is 0 Å². The quantitative estimate of drug-likeness (QED) is 0.462. The van der Waals surface area contributed by atoms with Crippen LogP contribution in [0.4, 0.5) is 0 Å². The van der Waals surface area contributed by atoms with Crippen molar-refractivity contribution in [1.82, 2.24) is 5.32 Å². The van der Waals surface area contributed by atoms with Crippen LogP contribution in [-0.4, -0.2) is 23.6 Å². The van der Waals surface area contributed by atoms with Gasteiger partial charge in [0.25, 0.3) is 0 Å². The van der Waals surface area contributed by atoms with Crippen LogP contribution in [0, 0.1) is 0 Å². The summed E-state index contributed by atoms with van der Waals surface area (Å²) in [5.41, 5.74) is 0. The third kappa shape index (κ3) is 1.48. The Morgan fingerprint density at radius 3 is 2.50 bits per heavy atom. The first-order valence-electron chi connectivity index (χ1n) is 1.88. The van der Waals surface area contributed by atoms with Gasteiger partial charge in [-0.15, -0.1) is 0 Å². The zero-order valence-corrected chi connectivity index (χ0v) is 5.67. The molecule has 1 aliphatic rings. The Bertz CT molecular complexity index is 45.5. The van der Waals surface area contributed by atoms with E-state index in [2.05, 4.69) is 11.4 Å². The van der Waals surface area contributed by atoms with E-state index in [1.165, 1.54) is 6.42 Å². The molecule has 0 unspecified atom stereocenters. The van der Waals surface area contributed by atoms with Crippen LogP contribution in [0.1, 0.15) is 6.42 Å². The topological polar surface area (TPSA) is 12.0 Å². The minimum atomic E-state index is 0. The fourth-order valence-electron chi connectivity index (χ4n) is 0.417. The van der Waals surface area contributed by atoms with Gasteiger partial charge in [0.05, 0.1) is 0 Å². The van der Waals surface area contributed by atoms with Gasteiger partial charge in [-0.1, -0.05) is 6.08 Å². The molecule has 36 valence electrons. The molecule has 0 spiro atoms. The van der Waals surface area contributed by atoms with Crippen molar-refractivity contribution in [3.63, 3.8) is 0 Å². The van der Waals surface area contributed by atoms with Crippen LogP contribution in [0.2, 0.25) is 0 Å². The van der Waals surface area contributed by atoms with Gasteiger partial charge in [-0.2, -0.15) is 0 Å². The Morgan fingerprint density at radius 1 is 1.50 bits per heavy atom. The Balaban J connectivity index is 0.000000250. The Labute approximate surface area is 48.3 Å². The van der Waals surface area contributed by atoms with Crippen LogP contribution in [0.25, 0.3) is 0 Å². The van der Waals surface area contributed by atoms with Crippen LogP contribution in [0.5, 0.6) is 0 Å². The maximum absolute atomic E-state index is 3.04. The monoisotopic (exact) mass is 151 g/mol. The van der Waals surface area contributed by atoms with Gasteiger partial charge in [0.15, 0.2) is 0 Å². The fraction of sp³-hybridized carbons (Fsp3) is 0.500. The van der Waals surface area contributed by atoms with Crippen LogP contribution in [-0.2, 0) is 0 Å². The van der Waals surface area contributed by atoms with E-state index in [0.717, 1.165) is 6.54 Å². The molecule has 1 aliphatic heterocycles. The molecule has 0 atom stereocenters. The Kier molecular flexibility index (Phi) is 3.29. The second kappa shape index (κ2) is 3.26. The average Bonchev–Trinajstić information content (AvgIpc) is 1.76. The molecule has 1 nitrogen and oxygen atoms in total. The van der Waals surface area contributed by atoms with E-state index in [9.17, 15) is 0 Å². The standard InChI is InChI=1S/C4H7N.H2Se/c1-2-4-5-3-1;/h1,3,5H,2,4H2;1H2. The second-order valence-corrected chi connectivity index (χ2v) is 1.15. The van der Waals surface area contributed by atoms with Gasteiger partial charge in [-0.05, 0) is 12.6 Å². The van der Waals surface area contributed by atoms with Crippen molar-refractivity contribution in [3.05, 3.63) is 12.3 Å². The third-order valence-corrected chi connectivity index (χ3v) is 0.691. The van der Waals surface area contributed by atoms with Gasteiger partial charge >= 0.3 is 17.1 Å². The molecule has 0 saturated heterocycles. The van der Waals surface area contributed by atoms with Gasteiger partial charge in [0, 0.05) is 6.54 Å². The first-order valence-corrected chi connectivity index (χ1v) is 1.88. The molecule has 0 aromatic rings. The van der Waals surface area contributed by atoms with Crippen molar-refractivity contribution in [2.45, 2.75) is 6.42 Å². The van der Waals surface area contributed by atoms with Gasteiger partial charge in [-0.25, -0.2) is 0 Å². The molecule has 1 rings (SSSR count). The number of rotatable bonds is 0. The Morgan fingerprint density at radius 2 is 2.33 bits per heavy atom. The Hall–Kier alpha value is 0.0595. The molecular weight excluding hydrogens is 141 g/mol. The van der Waals surface area contributed by atoms with Crippen LogP contribution in [0.15, 0.2) is 12.3 Å². The van der Waals surface area contributed by atoms with Gasteiger partial charge < -0.3 is 5.32 Å². The van der Waals surface area contributed by atoms with Crippen molar-refractivity contribution >= 4 is 17.1 Å². The molecule has 0 radical (unpaired) electrons. The molecule has 0 saturated carbocycles. The first kappa shape index (κ1) is 6.06. The van der Waals surface area contributed by atoms with E-state index in [-0.39, 0.29) is 17.1 Å². The molecule has 2 heteroatoms. The number of hydrogen-bond acceptors (Lipinski definition) is 1. The van der Waals surface area contributed by atoms with Crippen LogP contribution >= 0.6 is 0 Å². The summed E-state index contributed by atoms with van der Waals surface area (Å²) < 4.78 is 0. The average molecular weight is 150 g/mol. The second-order valence-electron chi connectivity index (χ2n) is 1.15. The summed E-state index contributed by atoms with van der Waals surface area (Å²) in [5, 5.41) is 3.04. The number of hydrogen-bond donors (Lipinski definition) is 1. The molecular formula is C4H9NSe. The fourth-order valence-corrected chi connectivity index (χ4v) is 0.417. The molecule has 6 heavy (non-hydrogen) atoms. The van der Waals surface area contributed by atoms with Crippen LogP contribution in [0.3, 0.4) is 0 Å². The zero-order valence-electron chi connectivity index (χ0n) is 3.57. The third-order valence-electron chi connectivity index (χ3n) is 0.691. The van der Waals surface area contributed by atoms with Crippen LogP contribution < -0.4 is 5.32 Å². The predicted molar refractivity (Wildman–Crippen MR) is 30.3 cm³/mol. The van der Waals surface area contributed by atoms with E-state index in [1.807, 2.05) is 6.20 Å². The summed E-state index contributed by atoms with van der Waals surface area (Å²) in [6.07, 6.45) is 5.32. The van der Waals surface area contributed by atoms with Gasteiger partial charge in [0.2, 0.25) is 0 Å². The molecule has 0 fully saturated rings. The van der Waals surface area contributed by atoms with Gasteiger partial charge in [-0.3, -0.25) is 0 Å². The van der Waals surface area contributed by atoms with E-state index in [0.29, 0.717) is 0 Å². The van der Waals surface area contributed by atoms with Gasteiger partial charge in [0.1, 0.15) is 0 Å². The molecule has 1 N–H and O–H groups in total. The summed E-state index contributed by atoms with van der Waals surface area (Å²) in [6.45, 7) is 1.14. The molecule has 1 heterocycles. The zero-order chi connectivity index (χ0) is 3.54. The molecule has 0 amide bonds. The SMILES string of the molecule is C1=CNCC1.[SeH2]. The van der Waals surface area contributed by atoms with Crippen molar-refractivity contribution in [2.24, 2.45) is 0 Å². The van der Waals surface area contributed by atoms with E-state index < -0.39 is 0 Å². The van der Waals surface area contributed by atoms with E-state index >= 15 is 0 Å². The summed E-state index contributed by atoms with van der Waals surface area (Å²) in [5.74, 6) is 0. The minimum absolute atomic E-state index is 0. The summed E-state index contributed by atoms with van der Waals surface area (Å²) in [4.78, 5) is 0.